The van der Waals surface area contributed by atoms with E-state index in [0.717, 1.165) is 23.9 Å². The number of benzene rings is 2. The number of nitrogens with zero attached hydrogens (tertiary/aromatic N) is 4. The predicted molar refractivity (Wildman–Crippen MR) is 121 cm³/mol. The van der Waals surface area contributed by atoms with Crippen LogP contribution >= 0.6 is 24.0 Å². The van der Waals surface area contributed by atoms with E-state index in [9.17, 15) is 4.39 Å². The maximum absolute atomic E-state index is 13.4. The molecule has 0 aliphatic carbocycles. The molecule has 0 spiro atoms. The van der Waals surface area contributed by atoms with Crippen LogP contribution in [0.4, 0.5) is 4.39 Å². The lowest BCUT2D eigenvalue weighted by Crippen LogP contribution is -2.38. The molecule has 28 heavy (non-hydrogen) atoms. The zero-order chi connectivity index (χ0) is 19.1. The van der Waals surface area contributed by atoms with Gasteiger partial charge in [0.25, 0.3) is 0 Å². The van der Waals surface area contributed by atoms with Crippen LogP contribution < -0.4 is 5.32 Å². The molecule has 3 aromatic rings. The first-order valence-electron chi connectivity index (χ1n) is 8.86. The molecule has 2 aromatic carbocycles. The number of hydrogen-bond donors (Lipinski definition) is 1. The molecule has 0 radical (unpaired) electrons. The summed E-state index contributed by atoms with van der Waals surface area (Å²) >= 11 is 0. The van der Waals surface area contributed by atoms with Crippen molar-refractivity contribution in [2.75, 3.05) is 14.1 Å². The largest absolute Gasteiger partial charge is 0.349 e. The van der Waals surface area contributed by atoms with Gasteiger partial charge in [0, 0.05) is 39.6 Å². The Labute approximate surface area is 182 Å². The molecule has 1 heterocycles. The maximum atomic E-state index is 13.4. The highest BCUT2D eigenvalue weighted by molar-refractivity contribution is 14.0. The summed E-state index contributed by atoms with van der Waals surface area (Å²) in [7, 11) is 3.66. The number of rotatable bonds is 6. The van der Waals surface area contributed by atoms with Gasteiger partial charge >= 0.3 is 0 Å². The minimum atomic E-state index is -0.230. The number of imidazole rings is 1. The summed E-state index contributed by atoms with van der Waals surface area (Å²) in [6, 6.07) is 16.9. The van der Waals surface area contributed by atoms with Crippen molar-refractivity contribution in [1.29, 1.82) is 0 Å². The maximum Gasteiger partial charge on any atom is 0.194 e. The fourth-order valence-electron chi connectivity index (χ4n) is 2.96. The van der Waals surface area contributed by atoms with Crippen molar-refractivity contribution < 1.29 is 4.39 Å². The van der Waals surface area contributed by atoms with Crippen molar-refractivity contribution in [2.45, 2.75) is 19.6 Å². The van der Waals surface area contributed by atoms with E-state index in [0.29, 0.717) is 13.1 Å². The van der Waals surface area contributed by atoms with Gasteiger partial charge in [0.1, 0.15) is 11.6 Å². The van der Waals surface area contributed by atoms with Gasteiger partial charge < -0.3 is 14.8 Å². The molecule has 0 fully saturated rings. The van der Waals surface area contributed by atoms with Gasteiger partial charge in [0.05, 0.1) is 6.54 Å². The van der Waals surface area contributed by atoms with Gasteiger partial charge in [-0.1, -0.05) is 42.5 Å². The summed E-state index contributed by atoms with van der Waals surface area (Å²) in [5, 5.41) is 3.33. The second-order valence-electron chi connectivity index (χ2n) is 6.34. The number of halogens is 2. The molecule has 3 rings (SSSR count). The molecule has 148 valence electrons. The van der Waals surface area contributed by atoms with Crippen molar-refractivity contribution in [2.24, 2.45) is 4.99 Å². The van der Waals surface area contributed by atoms with E-state index in [2.05, 4.69) is 32.0 Å². The van der Waals surface area contributed by atoms with E-state index >= 15 is 0 Å². The first-order valence-corrected chi connectivity index (χ1v) is 8.86. The highest BCUT2D eigenvalue weighted by Gasteiger charge is 2.09. The Bertz CT molecular complexity index is 895. The van der Waals surface area contributed by atoms with Gasteiger partial charge in [0.15, 0.2) is 5.96 Å². The van der Waals surface area contributed by atoms with Crippen LogP contribution in [0.1, 0.15) is 17.0 Å². The Balaban J connectivity index is 0.00000280. The first kappa shape index (κ1) is 21.9. The Morgan fingerprint density at radius 2 is 1.89 bits per heavy atom. The Morgan fingerprint density at radius 1 is 1.14 bits per heavy atom. The quantitative estimate of drug-likeness (QED) is 0.322. The second-order valence-corrected chi connectivity index (χ2v) is 6.34. The standard InChI is InChI=1S/C21H24FN5.HI/c1-23-21(26(2)15-18-9-6-10-19(22)13-18)25-14-20-24-11-12-27(20)16-17-7-4-3-5-8-17;/h3-13H,14-16H2,1-2H3,(H,23,25);1H. The fourth-order valence-corrected chi connectivity index (χ4v) is 2.96. The van der Waals surface area contributed by atoms with Crippen LogP contribution in [-0.2, 0) is 19.6 Å². The normalized spacial score (nSPS) is 11.0. The van der Waals surface area contributed by atoms with Crippen molar-refractivity contribution in [3.8, 4) is 0 Å². The number of hydrogen-bond acceptors (Lipinski definition) is 2. The molecule has 0 amide bonds. The molecule has 0 saturated heterocycles. The van der Waals surface area contributed by atoms with Crippen LogP contribution in [-0.4, -0.2) is 34.5 Å². The molecule has 0 unspecified atom stereocenters. The SMILES string of the molecule is CN=C(NCc1nccn1Cc1ccccc1)N(C)Cc1cccc(F)c1.I. The van der Waals surface area contributed by atoms with Crippen LogP contribution in [0.3, 0.4) is 0 Å². The Morgan fingerprint density at radius 3 is 2.61 bits per heavy atom. The first-order chi connectivity index (χ1) is 13.2. The van der Waals surface area contributed by atoms with Gasteiger partial charge in [-0.2, -0.15) is 0 Å². The summed E-state index contributed by atoms with van der Waals surface area (Å²) in [4.78, 5) is 10.7. The number of aromatic nitrogens is 2. The fraction of sp³-hybridized carbons (Fsp3) is 0.238. The van der Waals surface area contributed by atoms with E-state index in [4.69, 9.17) is 0 Å². The highest BCUT2D eigenvalue weighted by atomic mass is 127. The zero-order valence-corrected chi connectivity index (χ0v) is 18.4. The van der Waals surface area contributed by atoms with E-state index in [1.807, 2.05) is 42.4 Å². The molecule has 0 aliphatic heterocycles. The molecule has 0 aliphatic rings. The lowest BCUT2D eigenvalue weighted by Gasteiger charge is -2.22. The van der Waals surface area contributed by atoms with Crippen LogP contribution in [0.5, 0.6) is 0 Å². The topological polar surface area (TPSA) is 45.5 Å². The van der Waals surface area contributed by atoms with E-state index in [1.165, 1.54) is 17.7 Å². The molecule has 1 N–H and O–H groups in total. The molecule has 0 bridgehead atoms. The minimum absolute atomic E-state index is 0. The molecule has 7 heteroatoms. The number of nitrogens with one attached hydrogen (secondary N) is 1. The molecular formula is C21H25FIN5. The van der Waals surface area contributed by atoms with Crippen molar-refractivity contribution in [1.82, 2.24) is 19.8 Å². The summed E-state index contributed by atoms with van der Waals surface area (Å²) < 4.78 is 15.5. The van der Waals surface area contributed by atoms with Gasteiger partial charge in [-0.25, -0.2) is 9.37 Å². The minimum Gasteiger partial charge on any atom is -0.349 e. The third-order valence-corrected chi connectivity index (χ3v) is 4.28. The smallest absolute Gasteiger partial charge is 0.194 e. The summed E-state index contributed by atoms with van der Waals surface area (Å²) in [5.41, 5.74) is 2.12. The van der Waals surface area contributed by atoms with E-state index in [1.54, 1.807) is 19.3 Å². The highest BCUT2D eigenvalue weighted by Crippen LogP contribution is 2.08. The van der Waals surface area contributed by atoms with E-state index < -0.39 is 0 Å². The van der Waals surface area contributed by atoms with Crippen molar-refractivity contribution >= 4 is 29.9 Å². The summed E-state index contributed by atoms with van der Waals surface area (Å²) in [6.45, 7) is 1.89. The van der Waals surface area contributed by atoms with Crippen molar-refractivity contribution in [3.05, 3.63) is 89.8 Å². The monoisotopic (exact) mass is 493 g/mol. The Hall–Kier alpha value is -2.42. The summed E-state index contributed by atoms with van der Waals surface area (Å²) in [5.74, 6) is 1.43. The number of aliphatic imine (C=N–C) groups is 1. The second kappa shape index (κ2) is 10.8. The van der Waals surface area contributed by atoms with E-state index in [-0.39, 0.29) is 29.8 Å². The molecule has 1 aromatic heterocycles. The number of guanidine groups is 1. The average Bonchev–Trinajstić information content (AvgIpc) is 3.10. The third-order valence-electron chi connectivity index (χ3n) is 4.28. The molecular weight excluding hydrogens is 468 g/mol. The van der Waals surface area contributed by atoms with Crippen LogP contribution in [0.2, 0.25) is 0 Å². The lowest BCUT2D eigenvalue weighted by molar-refractivity contribution is 0.472. The van der Waals surface area contributed by atoms with Gasteiger partial charge in [-0.05, 0) is 23.3 Å². The lowest BCUT2D eigenvalue weighted by atomic mass is 10.2. The van der Waals surface area contributed by atoms with Crippen LogP contribution in [0.25, 0.3) is 0 Å². The van der Waals surface area contributed by atoms with Gasteiger partial charge in [-0.15, -0.1) is 24.0 Å². The van der Waals surface area contributed by atoms with Crippen LogP contribution in [0, 0.1) is 5.82 Å². The van der Waals surface area contributed by atoms with Crippen LogP contribution in [0.15, 0.2) is 72.0 Å². The zero-order valence-electron chi connectivity index (χ0n) is 16.0. The van der Waals surface area contributed by atoms with Gasteiger partial charge in [-0.3, -0.25) is 4.99 Å². The van der Waals surface area contributed by atoms with Gasteiger partial charge in [0.2, 0.25) is 0 Å². The molecule has 5 nitrogen and oxygen atoms in total. The van der Waals surface area contributed by atoms with Crippen molar-refractivity contribution in [3.63, 3.8) is 0 Å². The summed E-state index contributed by atoms with van der Waals surface area (Å²) in [6.07, 6.45) is 3.78. The molecule has 0 atom stereocenters. The third kappa shape index (κ3) is 6.05. The predicted octanol–water partition coefficient (Wildman–Crippen LogP) is 3.90. The Kier molecular flexibility index (Phi) is 8.43. The average molecular weight is 493 g/mol. The molecule has 0 saturated carbocycles.